The van der Waals surface area contributed by atoms with E-state index in [9.17, 15) is 0 Å². The lowest BCUT2D eigenvalue weighted by molar-refractivity contribution is -0.0704. The summed E-state index contributed by atoms with van der Waals surface area (Å²) in [5.74, 6) is 0.860. The van der Waals surface area contributed by atoms with Crippen LogP contribution in [0.15, 0.2) is 47.7 Å². The number of morpholine rings is 1. The largest absolute Gasteiger partial charge is 0.373 e. The molecule has 1 saturated heterocycles. The monoisotopic (exact) mass is 540 g/mol. The van der Waals surface area contributed by atoms with Gasteiger partial charge in [-0.1, -0.05) is 24.3 Å². The number of benzene rings is 1. The second-order valence-electron chi connectivity index (χ2n) is 8.01. The molecule has 2 aromatic rings. The molecule has 0 amide bonds. The van der Waals surface area contributed by atoms with Gasteiger partial charge in [-0.15, -0.1) is 24.0 Å². The van der Waals surface area contributed by atoms with Crippen LogP contribution >= 0.6 is 24.0 Å². The van der Waals surface area contributed by atoms with Crippen LogP contribution in [0.5, 0.6) is 0 Å². The maximum absolute atomic E-state index is 5.83. The van der Waals surface area contributed by atoms with Gasteiger partial charge in [0.05, 0.1) is 18.8 Å². The summed E-state index contributed by atoms with van der Waals surface area (Å²) in [6.45, 7) is 12.6. The summed E-state index contributed by atoms with van der Waals surface area (Å²) in [6.07, 6.45) is 5.41. The van der Waals surface area contributed by atoms with Gasteiger partial charge in [-0.05, 0) is 44.4 Å². The number of aromatic nitrogens is 2. The molecule has 2 atom stereocenters. The first-order chi connectivity index (χ1) is 14.6. The number of aryl methyl sites for hydroxylation is 1. The number of hydrogen-bond acceptors (Lipinski definition) is 4. The van der Waals surface area contributed by atoms with E-state index in [-0.39, 0.29) is 24.0 Å². The van der Waals surface area contributed by atoms with E-state index in [0.717, 1.165) is 51.6 Å². The second kappa shape index (κ2) is 13.7. The number of rotatable bonds is 9. The molecule has 172 valence electrons. The highest BCUT2D eigenvalue weighted by Gasteiger charge is 2.21. The van der Waals surface area contributed by atoms with E-state index in [0.29, 0.717) is 18.8 Å². The summed E-state index contributed by atoms with van der Waals surface area (Å²) in [5, 5.41) is 11.0. The zero-order chi connectivity index (χ0) is 21.2. The maximum Gasteiger partial charge on any atom is 0.191 e. The van der Waals surface area contributed by atoms with Crippen molar-refractivity contribution in [1.29, 1.82) is 0 Å². The van der Waals surface area contributed by atoms with Crippen molar-refractivity contribution in [1.82, 2.24) is 25.3 Å². The molecule has 8 heteroatoms. The molecule has 31 heavy (non-hydrogen) atoms. The van der Waals surface area contributed by atoms with Crippen LogP contribution in [0.25, 0.3) is 0 Å². The third-order valence-electron chi connectivity index (χ3n) is 5.10. The predicted molar refractivity (Wildman–Crippen MR) is 137 cm³/mol. The van der Waals surface area contributed by atoms with Crippen molar-refractivity contribution >= 4 is 29.9 Å². The van der Waals surface area contributed by atoms with Crippen molar-refractivity contribution in [2.24, 2.45) is 4.99 Å². The molecule has 1 aromatic carbocycles. The standard InChI is InChI=1S/C23H36N6O.HI/c1-4-24-23(25-11-5-13-29-14-6-12-27-29)26-15-21-7-9-22(10-8-21)18-28-16-19(2)30-20(3)17-28;/h6-10,12,14,19-20H,4-5,11,13,15-18H2,1-3H3,(H2,24,25,26);1H. The van der Waals surface area contributed by atoms with Gasteiger partial charge in [-0.3, -0.25) is 9.58 Å². The third-order valence-corrected chi connectivity index (χ3v) is 5.10. The van der Waals surface area contributed by atoms with Crippen molar-refractivity contribution < 1.29 is 4.74 Å². The number of halogens is 1. The van der Waals surface area contributed by atoms with Crippen molar-refractivity contribution in [3.05, 3.63) is 53.9 Å². The molecular weight excluding hydrogens is 503 g/mol. The van der Waals surface area contributed by atoms with E-state index in [1.165, 1.54) is 11.1 Å². The topological polar surface area (TPSA) is 66.7 Å². The number of guanidine groups is 1. The molecule has 0 spiro atoms. The lowest BCUT2D eigenvalue weighted by Gasteiger charge is -2.35. The summed E-state index contributed by atoms with van der Waals surface area (Å²) in [7, 11) is 0. The van der Waals surface area contributed by atoms with Gasteiger partial charge in [0.25, 0.3) is 0 Å². The van der Waals surface area contributed by atoms with Gasteiger partial charge in [-0.25, -0.2) is 4.99 Å². The van der Waals surface area contributed by atoms with E-state index in [4.69, 9.17) is 9.73 Å². The first kappa shape index (κ1) is 25.6. The van der Waals surface area contributed by atoms with Crippen LogP contribution in [0.1, 0.15) is 38.3 Å². The molecule has 0 bridgehead atoms. The van der Waals surface area contributed by atoms with Gasteiger partial charge in [0.1, 0.15) is 0 Å². The van der Waals surface area contributed by atoms with E-state index in [1.807, 2.05) is 23.1 Å². The Kier molecular flexibility index (Phi) is 11.3. The Labute approximate surface area is 203 Å². The van der Waals surface area contributed by atoms with Crippen LogP contribution in [-0.2, 0) is 24.4 Å². The average Bonchev–Trinajstić information content (AvgIpc) is 3.23. The van der Waals surface area contributed by atoms with E-state index in [1.54, 1.807) is 0 Å². The molecule has 1 fully saturated rings. The van der Waals surface area contributed by atoms with Gasteiger partial charge >= 0.3 is 0 Å². The minimum atomic E-state index is 0. The summed E-state index contributed by atoms with van der Waals surface area (Å²) >= 11 is 0. The van der Waals surface area contributed by atoms with Crippen molar-refractivity contribution in [3.8, 4) is 0 Å². The number of nitrogens with zero attached hydrogens (tertiary/aromatic N) is 4. The molecule has 0 saturated carbocycles. The maximum atomic E-state index is 5.83. The fraction of sp³-hybridized carbons (Fsp3) is 0.565. The van der Waals surface area contributed by atoms with Crippen LogP contribution < -0.4 is 10.6 Å². The molecule has 1 aliphatic heterocycles. The van der Waals surface area contributed by atoms with Gasteiger partial charge < -0.3 is 15.4 Å². The summed E-state index contributed by atoms with van der Waals surface area (Å²) < 4.78 is 7.78. The highest BCUT2D eigenvalue weighted by Crippen LogP contribution is 2.15. The quantitative estimate of drug-likeness (QED) is 0.221. The minimum absolute atomic E-state index is 0. The van der Waals surface area contributed by atoms with E-state index < -0.39 is 0 Å². The number of ether oxygens (including phenoxy) is 1. The molecule has 2 N–H and O–H groups in total. The van der Waals surface area contributed by atoms with Crippen molar-refractivity contribution in [2.75, 3.05) is 26.2 Å². The average molecular weight is 540 g/mol. The predicted octanol–water partition coefficient (Wildman–Crippen LogP) is 3.26. The molecule has 3 rings (SSSR count). The van der Waals surface area contributed by atoms with Crippen LogP contribution in [0.2, 0.25) is 0 Å². The smallest absolute Gasteiger partial charge is 0.191 e. The lowest BCUT2D eigenvalue weighted by Crippen LogP contribution is -2.44. The number of hydrogen-bond donors (Lipinski definition) is 2. The molecule has 2 unspecified atom stereocenters. The molecule has 1 aromatic heterocycles. The Balaban J connectivity index is 0.00000341. The van der Waals surface area contributed by atoms with Gasteiger partial charge in [-0.2, -0.15) is 5.10 Å². The van der Waals surface area contributed by atoms with E-state index >= 15 is 0 Å². The highest BCUT2D eigenvalue weighted by atomic mass is 127. The fourth-order valence-electron chi connectivity index (χ4n) is 3.81. The van der Waals surface area contributed by atoms with Crippen LogP contribution in [0.3, 0.4) is 0 Å². The Bertz CT molecular complexity index is 755. The summed E-state index contributed by atoms with van der Waals surface area (Å²) in [6, 6.07) is 10.8. The van der Waals surface area contributed by atoms with Crippen LogP contribution in [-0.4, -0.2) is 59.0 Å². The zero-order valence-electron chi connectivity index (χ0n) is 19.0. The van der Waals surface area contributed by atoms with Crippen molar-refractivity contribution in [3.63, 3.8) is 0 Å². The SMILES string of the molecule is CCNC(=NCc1ccc(CN2CC(C)OC(C)C2)cc1)NCCCn1cccn1.I. The van der Waals surface area contributed by atoms with Crippen molar-refractivity contribution in [2.45, 2.75) is 59.0 Å². The Hall–Kier alpha value is -1.65. The van der Waals surface area contributed by atoms with Crippen LogP contribution in [0.4, 0.5) is 0 Å². The highest BCUT2D eigenvalue weighted by molar-refractivity contribution is 14.0. The second-order valence-corrected chi connectivity index (χ2v) is 8.01. The Morgan fingerprint density at radius 1 is 1.13 bits per heavy atom. The summed E-state index contributed by atoms with van der Waals surface area (Å²) in [4.78, 5) is 7.20. The molecular formula is C23H37IN6O. The Morgan fingerprint density at radius 3 is 2.48 bits per heavy atom. The summed E-state index contributed by atoms with van der Waals surface area (Å²) in [5.41, 5.74) is 2.56. The first-order valence-electron chi connectivity index (χ1n) is 11.1. The number of nitrogens with one attached hydrogen (secondary N) is 2. The molecule has 2 heterocycles. The van der Waals surface area contributed by atoms with Gasteiger partial charge in [0.15, 0.2) is 5.96 Å². The Morgan fingerprint density at radius 2 is 1.84 bits per heavy atom. The van der Waals surface area contributed by atoms with E-state index in [2.05, 4.69) is 65.7 Å². The molecule has 7 nitrogen and oxygen atoms in total. The minimum Gasteiger partial charge on any atom is -0.373 e. The zero-order valence-corrected chi connectivity index (χ0v) is 21.3. The van der Waals surface area contributed by atoms with Gasteiger partial charge in [0.2, 0.25) is 0 Å². The molecule has 0 aliphatic carbocycles. The lowest BCUT2D eigenvalue weighted by atomic mass is 10.1. The normalized spacial score (nSPS) is 19.6. The molecule has 0 radical (unpaired) electrons. The molecule has 1 aliphatic rings. The van der Waals surface area contributed by atoms with Crippen LogP contribution in [0, 0.1) is 0 Å². The number of aliphatic imine (C=N–C) groups is 1. The third kappa shape index (κ3) is 9.16. The fourth-order valence-corrected chi connectivity index (χ4v) is 3.81. The first-order valence-corrected chi connectivity index (χ1v) is 11.1. The van der Waals surface area contributed by atoms with Gasteiger partial charge in [0, 0.05) is 51.7 Å².